The third-order valence-corrected chi connectivity index (χ3v) is 6.93. The molecule has 2 aliphatic heterocycles. The molecular weight excluding hydrogens is 468 g/mol. The van der Waals surface area contributed by atoms with Gasteiger partial charge in [0.15, 0.2) is 0 Å². The first-order chi connectivity index (χ1) is 16.9. The molecule has 2 atom stereocenters. The van der Waals surface area contributed by atoms with Crippen molar-refractivity contribution in [2.45, 2.75) is 38.1 Å². The SMILES string of the molecule is CCCCOC(=O)N1CCN(C(=O)C(C)NC(=O)C2=C(/C=C/C=O)SC(c3ccccc3)N2)CC1. The van der Waals surface area contributed by atoms with Gasteiger partial charge in [-0.1, -0.05) is 55.4 Å². The Morgan fingerprint density at radius 1 is 1.17 bits per heavy atom. The fourth-order valence-electron chi connectivity index (χ4n) is 3.73. The Labute approximate surface area is 209 Å². The summed E-state index contributed by atoms with van der Waals surface area (Å²) in [5.74, 6) is -0.631. The standard InChI is InChI=1S/C25H32N4O5S/c1-3-4-17-34-25(33)29-14-12-28(13-15-29)24(32)18(2)26-22(31)21-20(11-8-16-30)35-23(27-21)19-9-6-5-7-10-19/h5-11,16,18,23,27H,3-4,12-15,17H2,1-2H3,(H,26,31)/b11-8+. The lowest BCUT2D eigenvalue weighted by molar-refractivity contribution is -0.136. The Balaban J connectivity index is 1.56. The highest BCUT2D eigenvalue weighted by molar-refractivity contribution is 8.03. The Bertz CT molecular complexity index is 973. The van der Waals surface area contributed by atoms with Crippen LogP contribution in [0.2, 0.25) is 0 Å². The van der Waals surface area contributed by atoms with E-state index in [0.717, 1.165) is 18.4 Å². The van der Waals surface area contributed by atoms with Crippen LogP contribution >= 0.6 is 11.8 Å². The highest BCUT2D eigenvalue weighted by Gasteiger charge is 2.32. The van der Waals surface area contributed by atoms with Gasteiger partial charge in [0, 0.05) is 31.1 Å². The molecule has 0 aromatic heterocycles. The van der Waals surface area contributed by atoms with Crippen LogP contribution in [0.25, 0.3) is 0 Å². The van der Waals surface area contributed by atoms with Gasteiger partial charge in [-0.3, -0.25) is 14.4 Å². The maximum Gasteiger partial charge on any atom is 0.409 e. The number of hydrogen-bond donors (Lipinski definition) is 2. The average molecular weight is 501 g/mol. The van der Waals surface area contributed by atoms with E-state index < -0.39 is 11.9 Å². The summed E-state index contributed by atoms with van der Waals surface area (Å²) in [4.78, 5) is 52.8. The molecule has 3 rings (SSSR count). The zero-order valence-corrected chi connectivity index (χ0v) is 20.9. The molecule has 3 amide bonds. The minimum atomic E-state index is -0.753. The highest BCUT2D eigenvalue weighted by Crippen LogP contribution is 2.40. The number of allylic oxidation sites excluding steroid dienone is 2. The second-order valence-electron chi connectivity index (χ2n) is 8.26. The lowest BCUT2D eigenvalue weighted by Crippen LogP contribution is -2.55. The van der Waals surface area contributed by atoms with Crippen molar-refractivity contribution >= 4 is 36.0 Å². The molecule has 0 bridgehead atoms. The van der Waals surface area contributed by atoms with Gasteiger partial charge in [0.2, 0.25) is 5.91 Å². The number of piperazine rings is 1. The Morgan fingerprint density at radius 2 is 1.86 bits per heavy atom. The Morgan fingerprint density at radius 3 is 2.51 bits per heavy atom. The van der Waals surface area contributed by atoms with E-state index in [0.29, 0.717) is 49.7 Å². The molecule has 2 aliphatic rings. The van der Waals surface area contributed by atoms with E-state index in [1.165, 1.54) is 17.8 Å². The van der Waals surface area contributed by atoms with Gasteiger partial charge in [0.05, 0.1) is 6.61 Å². The first kappa shape index (κ1) is 26.3. The molecule has 10 heteroatoms. The maximum atomic E-state index is 13.1. The topological polar surface area (TPSA) is 108 Å². The largest absolute Gasteiger partial charge is 0.449 e. The van der Waals surface area contributed by atoms with Crippen LogP contribution in [-0.2, 0) is 19.1 Å². The van der Waals surface area contributed by atoms with Gasteiger partial charge < -0.3 is 25.2 Å². The van der Waals surface area contributed by atoms with Crippen molar-refractivity contribution < 1.29 is 23.9 Å². The van der Waals surface area contributed by atoms with Crippen LogP contribution in [0.1, 0.15) is 37.6 Å². The summed E-state index contributed by atoms with van der Waals surface area (Å²) in [5, 5.41) is 5.80. The minimum Gasteiger partial charge on any atom is -0.449 e. The number of nitrogens with one attached hydrogen (secondary N) is 2. The zero-order valence-electron chi connectivity index (χ0n) is 20.1. The van der Waals surface area contributed by atoms with Gasteiger partial charge in [-0.05, 0) is 31.1 Å². The molecule has 1 fully saturated rings. The predicted octanol–water partition coefficient (Wildman–Crippen LogP) is 2.57. The number of ether oxygens (including phenoxy) is 1. The number of benzene rings is 1. The third kappa shape index (κ3) is 7.11. The van der Waals surface area contributed by atoms with Crippen molar-refractivity contribution in [3.63, 3.8) is 0 Å². The van der Waals surface area contributed by atoms with Gasteiger partial charge in [-0.25, -0.2) is 4.79 Å². The maximum absolute atomic E-state index is 13.1. The monoisotopic (exact) mass is 500 g/mol. The Hall–Kier alpha value is -3.27. The summed E-state index contributed by atoms with van der Waals surface area (Å²) in [5.41, 5.74) is 1.31. The van der Waals surface area contributed by atoms with Gasteiger partial charge in [0.25, 0.3) is 5.91 Å². The zero-order chi connectivity index (χ0) is 25.2. The summed E-state index contributed by atoms with van der Waals surface area (Å²) in [6.45, 7) is 5.60. The fraction of sp³-hybridized carbons (Fsp3) is 0.440. The van der Waals surface area contributed by atoms with Crippen molar-refractivity contribution in [3.05, 3.63) is 58.6 Å². The number of rotatable bonds is 9. The van der Waals surface area contributed by atoms with Crippen LogP contribution in [0.15, 0.2) is 53.1 Å². The molecule has 0 radical (unpaired) electrons. The summed E-state index contributed by atoms with van der Waals surface area (Å²) in [6, 6.07) is 8.91. The summed E-state index contributed by atoms with van der Waals surface area (Å²) < 4.78 is 5.24. The first-order valence-electron chi connectivity index (χ1n) is 11.8. The smallest absolute Gasteiger partial charge is 0.409 e. The molecule has 9 nitrogen and oxygen atoms in total. The van der Waals surface area contributed by atoms with E-state index in [4.69, 9.17) is 4.74 Å². The second-order valence-corrected chi connectivity index (χ2v) is 9.41. The average Bonchev–Trinajstić information content (AvgIpc) is 3.32. The molecule has 1 saturated heterocycles. The Kier molecular flexibility index (Phi) is 9.77. The van der Waals surface area contributed by atoms with Crippen molar-refractivity contribution in [1.82, 2.24) is 20.4 Å². The molecule has 0 saturated carbocycles. The number of thioether (sulfide) groups is 1. The molecule has 1 aromatic rings. The predicted molar refractivity (Wildman–Crippen MR) is 134 cm³/mol. The lowest BCUT2D eigenvalue weighted by Gasteiger charge is -2.35. The molecule has 35 heavy (non-hydrogen) atoms. The van der Waals surface area contributed by atoms with Crippen molar-refractivity contribution in [1.29, 1.82) is 0 Å². The fourth-order valence-corrected chi connectivity index (χ4v) is 4.88. The number of aldehydes is 1. The van der Waals surface area contributed by atoms with Gasteiger partial charge in [0.1, 0.15) is 23.4 Å². The van der Waals surface area contributed by atoms with Crippen LogP contribution in [0.5, 0.6) is 0 Å². The minimum absolute atomic E-state index is 0.181. The molecule has 0 aliphatic carbocycles. The molecule has 1 aromatic carbocycles. The molecule has 2 heterocycles. The van der Waals surface area contributed by atoms with E-state index in [1.54, 1.807) is 22.8 Å². The van der Waals surface area contributed by atoms with Crippen LogP contribution in [0.4, 0.5) is 4.79 Å². The van der Waals surface area contributed by atoms with Crippen LogP contribution in [-0.4, -0.2) is 72.8 Å². The molecule has 188 valence electrons. The van der Waals surface area contributed by atoms with Gasteiger partial charge in [-0.2, -0.15) is 0 Å². The van der Waals surface area contributed by atoms with Crippen molar-refractivity contribution in [2.24, 2.45) is 0 Å². The van der Waals surface area contributed by atoms with E-state index >= 15 is 0 Å². The highest BCUT2D eigenvalue weighted by atomic mass is 32.2. The van der Waals surface area contributed by atoms with Gasteiger partial charge >= 0.3 is 6.09 Å². The number of unbranched alkanes of at least 4 members (excludes halogenated alkanes) is 1. The molecule has 0 spiro atoms. The van der Waals surface area contributed by atoms with E-state index in [-0.39, 0.29) is 17.4 Å². The summed E-state index contributed by atoms with van der Waals surface area (Å²) in [7, 11) is 0. The van der Waals surface area contributed by atoms with E-state index in [9.17, 15) is 19.2 Å². The number of amides is 3. The number of nitrogens with zero attached hydrogens (tertiary/aromatic N) is 2. The van der Waals surface area contributed by atoms with Crippen LogP contribution in [0, 0.1) is 0 Å². The lowest BCUT2D eigenvalue weighted by atomic mass is 10.2. The molecular formula is C25H32N4O5S. The summed E-state index contributed by atoms with van der Waals surface area (Å²) in [6.07, 6.45) is 5.01. The summed E-state index contributed by atoms with van der Waals surface area (Å²) >= 11 is 1.43. The first-order valence-corrected chi connectivity index (χ1v) is 12.7. The van der Waals surface area contributed by atoms with E-state index in [1.807, 2.05) is 37.3 Å². The third-order valence-electron chi connectivity index (χ3n) is 5.71. The number of hydrogen-bond acceptors (Lipinski definition) is 7. The van der Waals surface area contributed by atoms with Crippen molar-refractivity contribution in [2.75, 3.05) is 32.8 Å². The molecule has 2 unspecified atom stereocenters. The van der Waals surface area contributed by atoms with Crippen LogP contribution < -0.4 is 10.6 Å². The number of carbonyl (C=O) groups is 4. The molecule has 2 N–H and O–H groups in total. The van der Waals surface area contributed by atoms with Gasteiger partial charge in [-0.15, -0.1) is 0 Å². The van der Waals surface area contributed by atoms with Crippen molar-refractivity contribution in [3.8, 4) is 0 Å². The normalized spacial score (nSPS) is 18.9. The van der Waals surface area contributed by atoms with Crippen LogP contribution in [0.3, 0.4) is 0 Å². The van der Waals surface area contributed by atoms with E-state index in [2.05, 4.69) is 10.6 Å². The quantitative estimate of drug-likeness (QED) is 0.305. The number of carbonyl (C=O) groups excluding carboxylic acids is 4. The second kappa shape index (κ2) is 13.0.